The van der Waals surface area contributed by atoms with Gasteiger partial charge in [-0.1, -0.05) is 0 Å². The third kappa shape index (κ3) is 3.21. The molecule has 0 atom stereocenters. The van der Waals surface area contributed by atoms with Gasteiger partial charge in [-0.05, 0) is 11.4 Å². The lowest BCUT2D eigenvalue weighted by Gasteiger charge is -2.22. The van der Waals surface area contributed by atoms with Crippen molar-refractivity contribution >= 4 is 34.3 Å². The van der Waals surface area contributed by atoms with Crippen molar-refractivity contribution in [3.8, 4) is 17.1 Å². The number of fused-ring (bicyclic) bond motifs is 1. The van der Waals surface area contributed by atoms with Gasteiger partial charge in [0, 0.05) is 18.6 Å². The van der Waals surface area contributed by atoms with Gasteiger partial charge in [-0.25, -0.2) is 23.1 Å². The molecule has 2 heterocycles. The summed E-state index contributed by atoms with van der Waals surface area (Å²) < 4.78 is 48.7. The molecule has 0 aliphatic heterocycles. The van der Waals surface area contributed by atoms with Crippen LogP contribution in [0.2, 0.25) is 0 Å². The van der Waals surface area contributed by atoms with Crippen LogP contribution in [0.4, 0.5) is 13.2 Å². The Morgan fingerprint density at radius 3 is 2.31 bits per heavy atom. The quantitative estimate of drug-likeness (QED) is 0.659. The van der Waals surface area contributed by atoms with Crippen LogP contribution in [0.25, 0.3) is 22.2 Å². The summed E-state index contributed by atoms with van der Waals surface area (Å²) in [7, 11) is 17.0. The third-order valence-corrected chi connectivity index (χ3v) is 3.47. The third-order valence-electron chi connectivity index (χ3n) is 3.47. The van der Waals surface area contributed by atoms with E-state index >= 15 is 0 Å². The first-order chi connectivity index (χ1) is 12.1. The van der Waals surface area contributed by atoms with Crippen LogP contribution in [-0.4, -0.2) is 43.4 Å². The number of rotatable bonds is 3. The van der Waals surface area contributed by atoms with E-state index in [4.69, 9.17) is 28.3 Å². The molecule has 0 aliphatic rings. The highest BCUT2D eigenvalue weighted by Crippen LogP contribution is 2.29. The van der Waals surface area contributed by atoms with E-state index in [1.165, 1.54) is 7.05 Å². The van der Waals surface area contributed by atoms with Crippen molar-refractivity contribution in [2.24, 2.45) is 7.05 Å². The Balaban J connectivity index is 2.17. The number of benzene rings is 1. The molecule has 2 aromatic heterocycles. The zero-order valence-electron chi connectivity index (χ0n) is 13.3. The van der Waals surface area contributed by atoms with E-state index in [-0.39, 0.29) is 11.6 Å². The lowest BCUT2D eigenvalue weighted by molar-refractivity contribution is 0.316. The van der Waals surface area contributed by atoms with Crippen molar-refractivity contribution in [1.29, 1.82) is 0 Å². The van der Waals surface area contributed by atoms with Gasteiger partial charge in [-0.2, -0.15) is 0 Å². The molecule has 0 aliphatic carbocycles. The first kappa shape index (κ1) is 18.1. The Labute approximate surface area is 149 Å². The second-order valence-electron chi connectivity index (χ2n) is 5.57. The minimum absolute atomic E-state index is 0.0250. The number of aryl methyl sites for hydroxylation is 1. The molecule has 0 spiro atoms. The van der Waals surface area contributed by atoms with Crippen molar-refractivity contribution < 1.29 is 17.9 Å². The maximum atomic E-state index is 14.4. The minimum atomic E-state index is -1.98. The van der Waals surface area contributed by atoms with Gasteiger partial charge in [-0.15, -0.1) is 0 Å². The van der Waals surface area contributed by atoms with Gasteiger partial charge < -0.3 is 9.30 Å². The standard InChI is InChI=1S/C15H7B3F3N3O2/c1-24-5-9(19)7-2-8(11(20)12(21)10(7)14(24)25)13-22-3-6(4-23-13)26-15(16,17)18/h2-5H,1H3. The average molecular weight is 351 g/mol. The summed E-state index contributed by atoms with van der Waals surface area (Å²) in [5.74, 6) is -4.08. The van der Waals surface area contributed by atoms with E-state index in [1.807, 2.05) is 0 Å². The summed E-state index contributed by atoms with van der Waals surface area (Å²) in [5, 5.41) is -3.07. The molecule has 0 unspecified atom stereocenters. The van der Waals surface area contributed by atoms with Crippen LogP contribution in [0, 0.1) is 17.5 Å². The molecule has 26 heavy (non-hydrogen) atoms. The molecule has 6 radical (unpaired) electrons. The van der Waals surface area contributed by atoms with Crippen molar-refractivity contribution in [1.82, 2.24) is 14.5 Å². The first-order valence-corrected chi connectivity index (χ1v) is 7.13. The highest BCUT2D eigenvalue weighted by molar-refractivity contribution is 6.58. The fraction of sp³-hybridized carbons (Fsp3) is 0.133. The van der Waals surface area contributed by atoms with Crippen LogP contribution in [0.1, 0.15) is 0 Å². The Hall–Kier alpha value is -2.71. The Kier molecular flexibility index (Phi) is 4.33. The number of nitrogens with zero attached hydrogens (tertiary/aromatic N) is 3. The van der Waals surface area contributed by atoms with Gasteiger partial charge in [0.2, 0.25) is 0 Å². The number of aromatic nitrogens is 3. The molecule has 0 N–H and O–H groups in total. The highest BCUT2D eigenvalue weighted by Gasteiger charge is 2.22. The molecule has 1 aromatic carbocycles. The largest absolute Gasteiger partial charge is 0.513 e. The smallest absolute Gasteiger partial charge is 0.261 e. The van der Waals surface area contributed by atoms with E-state index < -0.39 is 44.6 Å². The SMILES string of the molecule is [B]C([B])([B])Oc1cnc(-c2cc3c(F)cn(C)c(=O)c3c(F)c2F)nc1. The predicted molar refractivity (Wildman–Crippen MR) is 90.7 cm³/mol. The van der Waals surface area contributed by atoms with Crippen LogP contribution < -0.4 is 10.3 Å². The molecule has 0 amide bonds. The molecule has 5 nitrogen and oxygen atoms in total. The number of hydrogen-bond donors (Lipinski definition) is 0. The topological polar surface area (TPSA) is 57.0 Å². The van der Waals surface area contributed by atoms with E-state index in [2.05, 4.69) is 9.97 Å². The zero-order chi connectivity index (χ0) is 19.2. The molecule has 124 valence electrons. The molecule has 0 saturated carbocycles. The fourth-order valence-electron chi connectivity index (χ4n) is 2.37. The average Bonchev–Trinajstić information content (AvgIpc) is 2.54. The van der Waals surface area contributed by atoms with Crippen molar-refractivity contribution in [3.63, 3.8) is 0 Å². The van der Waals surface area contributed by atoms with Crippen molar-refractivity contribution in [2.75, 3.05) is 0 Å². The van der Waals surface area contributed by atoms with Gasteiger partial charge in [0.05, 0.1) is 23.3 Å². The maximum Gasteiger partial charge on any atom is 0.261 e. The summed E-state index contributed by atoms with van der Waals surface area (Å²) in [6.07, 6.45) is 3.02. The van der Waals surface area contributed by atoms with Gasteiger partial charge in [0.1, 0.15) is 29.4 Å². The summed E-state index contributed by atoms with van der Waals surface area (Å²) in [6, 6.07) is 0.958. The Bertz CT molecular complexity index is 1070. The molecular formula is C15H7B3F3N3O2. The number of pyridine rings is 1. The Morgan fingerprint density at radius 2 is 1.73 bits per heavy atom. The molecule has 11 heteroatoms. The summed E-state index contributed by atoms with van der Waals surface area (Å²) in [4.78, 5) is 19.6. The molecular weight excluding hydrogens is 344 g/mol. The summed E-state index contributed by atoms with van der Waals surface area (Å²) in [5.41, 5.74) is -1.31. The monoisotopic (exact) mass is 351 g/mol. The summed E-state index contributed by atoms with van der Waals surface area (Å²) >= 11 is 0. The fourth-order valence-corrected chi connectivity index (χ4v) is 2.37. The maximum absolute atomic E-state index is 14.4. The summed E-state index contributed by atoms with van der Waals surface area (Å²) in [6.45, 7) is 0. The highest BCUT2D eigenvalue weighted by atomic mass is 19.2. The van der Waals surface area contributed by atoms with E-state index in [9.17, 15) is 18.0 Å². The van der Waals surface area contributed by atoms with Gasteiger partial charge in [0.15, 0.2) is 23.2 Å². The van der Waals surface area contributed by atoms with E-state index in [0.717, 1.165) is 29.2 Å². The van der Waals surface area contributed by atoms with Gasteiger partial charge in [-0.3, -0.25) is 4.79 Å². The van der Waals surface area contributed by atoms with Crippen LogP contribution in [0.15, 0.2) is 29.5 Å². The second-order valence-corrected chi connectivity index (χ2v) is 5.57. The van der Waals surface area contributed by atoms with Crippen molar-refractivity contribution in [3.05, 3.63) is 52.5 Å². The van der Waals surface area contributed by atoms with Crippen LogP contribution in [0.3, 0.4) is 0 Å². The van der Waals surface area contributed by atoms with Crippen LogP contribution in [-0.2, 0) is 7.05 Å². The predicted octanol–water partition coefficient (Wildman–Crippen LogP) is 0.908. The van der Waals surface area contributed by atoms with Gasteiger partial charge >= 0.3 is 0 Å². The lowest BCUT2D eigenvalue weighted by Crippen LogP contribution is -2.37. The minimum Gasteiger partial charge on any atom is -0.513 e. The normalized spacial score (nSPS) is 11.7. The van der Waals surface area contributed by atoms with E-state index in [0.29, 0.717) is 0 Å². The van der Waals surface area contributed by atoms with E-state index in [1.54, 1.807) is 0 Å². The molecule has 0 fully saturated rings. The lowest BCUT2D eigenvalue weighted by atomic mass is 9.52. The molecule has 0 saturated heterocycles. The van der Waals surface area contributed by atoms with Crippen LogP contribution >= 0.6 is 0 Å². The first-order valence-electron chi connectivity index (χ1n) is 7.13. The van der Waals surface area contributed by atoms with Crippen molar-refractivity contribution in [2.45, 2.75) is 5.30 Å². The Morgan fingerprint density at radius 1 is 1.12 bits per heavy atom. The number of hydrogen-bond acceptors (Lipinski definition) is 4. The second kappa shape index (κ2) is 6.23. The zero-order valence-corrected chi connectivity index (χ0v) is 13.3. The number of halogens is 3. The molecule has 3 rings (SSSR count). The molecule has 3 aromatic rings. The number of ether oxygens (including phenoxy) is 1. The van der Waals surface area contributed by atoms with Gasteiger partial charge in [0.25, 0.3) is 5.56 Å². The molecule has 0 bridgehead atoms. The van der Waals surface area contributed by atoms with Crippen LogP contribution in [0.5, 0.6) is 5.75 Å².